The Labute approximate surface area is 133 Å². The summed E-state index contributed by atoms with van der Waals surface area (Å²) < 4.78 is 147. The quantitative estimate of drug-likeness (QED) is 0.486. The van der Waals surface area contributed by atoms with Crippen LogP contribution in [0.1, 0.15) is 12.8 Å². The number of rotatable bonds is 8. The number of carboxylic acid groups (broad SMARTS) is 1. The van der Waals surface area contributed by atoms with E-state index in [0.29, 0.717) is 0 Å². The van der Waals surface area contributed by atoms with Crippen LogP contribution in [0.15, 0.2) is 0 Å². The molecule has 0 aromatic heterocycles. The Morgan fingerprint density at radius 2 is 1.36 bits per heavy atom. The standard InChI is InChI=1S/C9H9F10NO4S/c1-20(19,4-2-3-5(21)22)25(23,24)9(17,18)7(12,13)6(10,11)8(14,15)16/h2-4H2,1H3/p+1. The molecule has 0 radical (unpaired) electrons. The van der Waals surface area contributed by atoms with Crippen molar-refractivity contribution in [3.63, 3.8) is 0 Å². The zero-order valence-corrected chi connectivity index (χ0v) is 12.7. The predicted octanol–water partition coefficient (Wildman–Crippen LogP) is 2.94. The van der Waals surface area contributed by atoms with Crippen LogP contribution in [0.3, 0.4) is 0 Å². The third-order valence-corrected chi connectivity index (χ3v) is 4.98. The minimum atomic E-state index is -7.55. The molecule has 0 amide bonds. The van der Waals surface area contributed by atoms with Crippen molar-refractivity contribution in [3.05, 3.63) is 0 Å². The van der Waals surface area contributed by atoms with Crippen molar-refractivity contribution in [1.82, 2.24) is 0 Å². The van der Waals surface area contributed by atoms with Crippen LogP contribution in [0.5, 0.6) is 0 Å². The van der Waals surface area contributed by atoms with Crippen molar-refractivity contribution in [2.24, 2.45) is 0 Å². The minimum absolute atomic E-state index is 0.340. The van der Waals surface area contributed by atoms with Gasteiger partial charge in [0.15, 0.2) is 0 Å². The number of alkyl halides is 9. The second-order valence-electron chi connectivity index (χ2n) is 4.84. The summed E-state index contributed by atoms with van der Waals surface area (Å²) in [6.07, 6.45) is -9.31. The summed E-state index contributed by atoms with van der Waals surface area (Å²) >= 11 is 0. The largest absolute Gasteiger partial charge is 0.481 e. The molecular weight excluding hydrogens is 408 g/mol. The lowest BCUT2D eigenvalue weighted by Crippen LogP contribution is -2.67. The van der Waals surface area contributed by atoms with Crippen molar-refractivity contribution < 1.29 is 66.4 Å². The second kappa shape index (κ2) is 6.44. The summed E-state index contributed by atoms with van der Waals surface area (Å²) in [6.45, 7) is -1.72. The maximum absolute atomic E-state index is 13.8. The highest BCUT2D eigenvalue weighted by Crippen LogP contribution is 2.55. The molecular formula is C9H10F10NO4S+. The van der Waals surface area contributed by atoms with Gasteiger partial charge >= 0.3 is 39.3 Å². The number of carboxylic acids is 1. The van der Waals surface area contributed by atoms with Gasteiger partial charge in [0, 0.05) is 10.9 Å². The molecule has 0 saturated carbocycles. The fourth-order valence-corrected chi connectivity index (χ4v) is 2.69. The molecule has 0 aliphatic heterocycles. The molecule has 1 unspecified atom stereocenters. The lowest BCUT2D eigenvalue weighted by molar-refractivity contribution is -0.934. The van der Waals surface area contributed by atoms with E-state index in [-0.39, 0.29) is 7.05 Å². The van der Waals surface area contributed by atoms with Gasteiger partial charge in [-0.3, -0.25) is 4.79 Å². The lowest BCUT2D eigenvalue weighted by atomic mass is 10.1. The fourth-order valence-electron chi connectivity index (χ4n) is 1.39. The molecule has 0 aliphatic carbocycles. The van der Waals surface area contributed by atoms with Gasteiger partial charge in [-0.1, -0.05) is 0 Å². The molecule has 0 fully saturated rings. The number of hydrogen-bond acceptors (Lipinski definition) is 3. The van der Waals surface area contributed by atoms with Crippen LogP contribution < -0.4 is 0 Å². The van der Waals surface area contributed by atoms with Gasteiger partial charge < -0.3 is 5.11 Å². The van der Waals surface area contributed by atoms with E-state index in [1.807, 2.05) is 0 Å². The summed E-state index contributed by atoms with van der Waals surface area (Å²) in [7, 11) is -7.66. The smallest absolute Gasteiger partial charge is 0.467 e. The van der Waals surface area contributed by atoms with Gasteiger partial charge in [-0.15, -0.1) is 0 Å². The second-order valence-corrected chi connectivity index (χ2v) is 7.07. The van der Waals surface area contributed by atoms with Crippen LogP contribution in [0.25, 0.3) is 0 Å². The average Bonchev–Trinajstić information content (AvgIpc) is 2.35. The molecule has 1 atom stereocenters. The number of halogens is 10. The molecule has 0 aromatic carbocycles. The Hall–Kier alpha value is -1.32. The Kier molecular flexibility index (Phi) is 6.10. The Morgan fingerprint density at radius 1 is 0.960 bits per heavy atom. The van der Waals surface area contributed by atoms with E-state index in [1.165, 1.54) is 0 Å². The highest BCUT2D eigenvalue weighted by atomic mass is 32.2. The zero-order valence-electron chi connectivity index (χ0n) is 11.9. The molecule has 0 aromatic rings. The van der Waals surface area contributed by atoms with E-state index < -0.39 is 62.8 Å². The molecule has 0 spiro atoms. The number of sulfonamides is 1. The molecule has 0 saturated heterocycles. The molecule has 16 heteroatoms. The van der Waals surface area contributed by atoms with Crippen molar-refractivity contribution in [1.29, 1.82) is 0 Å². The van der Waals surface area contributed by atoms with Crippen molar-refractivity contribution >= 4 is 16.0 Å². The Bertz CT molecular complexity index is 612. The van der Waals surface area contributed by atoms with Gasteiger partial charge in [-0.05, 0) is 4.11 Å². The SMILES string of the molecule is C[N+](F)(CCCC(=O)O)S(=O)(=O)C(F)(F)C(F)(F)C(F)(F)C(F)(F)F. The monoisotopic (exact) mass is 418 g/mol. The van der Waals surface area contributed by atoms with Crippen molar-refractivity contribution in [2.45, 2.75) is 36.1 Å². The van der Waals surface area contributed by atoms with Crippen molar-refractivity contribution in [2.75, 3.05) is 13.6 Å². The first-order valence-corrected chi connectivity index (χ1v) is 7.32. The average molecular weight is 418 g/mol. The highest BCUT2D eigenvalue weighted by molar-refractivity contribution is 7.87. The van der Waals surface area contributed by atoms with E-state index in [9.17, 15) is 57.2 Å². The normalized spacial score (nSPS) is 17.2. The van der Waals surface area contributed by atoms with Crippen molar-refractivity contribution in [3.8, 4) is 0 Å². The number of quaternary nitrogens is 1. The molecule has 0 bridgehead atoms. The van der Waals surface area contributed by atoms with Gasteiger partial charge in [-0.25, -0.2) is 0 Å². The van der Waals surface area contributed by atoms with Crippen LogP contribution in [0.2, 0.25) is 0 Å². The summed E-state index contributed by atoms with van der Waals surface area (Å²) in [5, 5.41) is 1.05. The summed E-state index contributed by atoms with van der Waals surface area (Å²) in [5.74, 6) is -16.7. The van der Waals surface area contributed by atoms with E-state index in [1.54, 1.807) is 0 Å². The predicted molar refractivity (Wildman–Crippen MR) is 58.8 cm³/mol. The number of aliphatic carboxylic acids is 1. The molecule has 0 rings (SSSR count). The highest BCUT2D eigenvalue weighted by Gasteiger charge is 2.88. The minimum Gasteiger partial charge on any atom is -0.481 e. The molecule has 150 valence electrons. The van der Waals surface area contributed by atoms with Gasteiger partial charge in [0.2, 0.25) is 0 Å². The first-order chi connectivity index (χ1) is 10.7. The zero-order chi connectivity index (χ0) is 20.7. The molecule has 1 N–H and O–H groups in total. The maximum Gasteiger partial charge on any atom is 0.467 e. The maximum atomic E-state index is 13.8. The Balaban J connectivity index is 6.00. The van der Waals surface area contributed by atoms with Gasteiger partial charge in [-0.2, -0.15) is 47.9 Å². The first-order valence-electron chi connectivity index (χ1n) is 5.88. The van der Waals surface area contributed by atoms with E-state index >= 15 is 0 Å². The van der Waals surface area contributed by atoms with Crippen LogP contribution in [-0.4, -0.2) is 60.5 Å². The summed E-state index contributed by atoms with van der Waals surface area (Å²) in [6, 6.07) is 0. The third-order valence-electron chi connectivity index (χ3n) is 2.89. The summed E-state index contributed by atoms with van der Waals surface area (Å²) in [5.41, 5.74) is 0. The van der Waals surface area contributed by atoms with Crippen LogP contribution in [0.4, 0.5) is 44.0 Å². The van der Waals surface area contributed by atoms with Crippen LogP contribution >= 0.6 is 0 Å². The van der Waals surface area contributed by atoms with Crippen LogP contribution in [-0.2, 0) is 14.8 Å². The number of hydrogen-bond donors (Lipinski definition) is 1. The molecule has 0 heterocycles. The molecule has 0 aliphatic rings. The fraction of sp³-hybridized carbons (Fsp3) is 0.889. The third kappa shape index (κ3) is 3.78. The molecule has 5 nitrogen and oxygen atoms in total. The first kappa shape index (κ1) is 23.7. The van der Waals surface area contributed by atoms with E-state index in [4.69, 9.17) is 5.11 Å². The lowest BCUT2D eigenvalue weighted by Gasteiger charge is -2.34. The Morgan fingerprint density at radius 3 is 1.68 bits per heavy atom. The molecule has 25 heavy (non-hydrogen) atoms. The van der Waals surface area contributed by atoms with Gasteiger partial charge in [0.25, 0.3) is 0 Å². The summed E-state index contributed by atoms with van der Waals surface area (Å²) in [4.78, 5) is 10.2. The van der Waals surface area contributed by atoms with E-state index in [2.05, 4.69) is 0 Å². The topological polar surface area (TPSA) is 71.4 Å². The van der Waals surface area contributed by atoms with Gasteiger partial charge in [0.1, 0.15) is 13.6 Å². The number of nitrogens with zero attached hydrogens (tertiary/aromatic N) is 1. The van der Waals surface area contributed by atoms with Crippen LogP contribution in [0, 0.1) is 0 Å². The van der Waals surface area contributed by atoms with E-state index in [0.717, 1.165) is 0 Å². The number of carbonyl (C=O) groups is 1. The van der Waals surface area contributed by atoms with Gasteiger partial charge in [0.05, 0.1) is 6.42 Å².